The number of hydrogen-bond donors (Lipinski definition) is 0. The van der Waals surface area contributed by atoms with E-state index in [1.165, 1.54) is 0 Å². The van der Waals surface area contributed by atoms with Crippen molar-refractivity contribution >= 4 is 11.9 Å². The summed E-state index contributed by atoms with van der Waals surface area (Å²) in [6, 6.07) is 0. The molecule has 15 heavy (non-hydrogen) atoms. The molecule has 76 valence electrons. The molecule has 0 atom stereocenters. The van der Waals surface area contributed by atoms with Crippen LogP contribution in [0, 0.1) is 5.41 Å². The number of rotatable bonds is 6. The van der Waals surface area contributed by atoms with Gasteiger partial charge in [0.2, 0.25) is 0 Å². The first-order valence-electron chi connectivity index (χ1n) is 4.44. The normalized spacial score (nSPS) is 9.73. The molecule has 0 fully saturated rings. The predicted octanol–water partition coefficient (Wildman–Crippen LogP) is -6.92. The first-order valence-corrected chi connectivity index (χ1v) is 4.44. The number of hydrogen-bond acceptors (Lipinski definition) is 4. The summed E-state index contributed by atoms with van der Waals surface area (Å²) in [6.45, 7) is 3.46. The Hall–Kier alpha value is 0.537. The SMILES string of the molecule is CCCC(CCC)(C(=O)[O-])C(=O)[O-].[Li+].[Na+]. The smallest absolute Gasteiger partial charge is 0.549 e. The van der Waals surface area contributed by atoms with E-state index < -0.39 is 17.4 Å². The maximum absolute atomic E-state index is 10.7. The molecule has 0 N–H and O–H groups in total. The summed E-state index contributed by atoms with van der Waals surface area (Å²) in [4.78, 5) is 21.4. The maximum Gasteiger partial charge on any atom is 1.00 e. The summed E-state index contributed by atoms with van der Waals surface area (Å²) in [5.41, 5.74) is -1.79. The Morgan fingerprint density at radius 2 is 1.27 bits per heavy atom. The second-order valence-electron chi connectivity index (χ2n) is 3.16. The first-order chi connectivity index (χ1) is 6.01. The molecule has 0 aromatic carbocycles. The zero-order valence-corrected chi connectivity index (χ0v) is 12.0. The van der Waals surface area contributed by atoms with Crippen molar-refractivity contribution in [2.75, 3.05) is 0 Å². The second-order valence-corrected chi connectivity index (χ2v) is 3.16. The fourth-order valence-electron chi connectivity index (χ4n) is 1.47. The van der Waals surface area contributed by atoms with Crippen molar-refractivity contribution in [3.05, 3.63) is 0 Å². The van der Waals surface area contributed by atoms with Crippen molar-refractivity contribution in [2.24, 2.45) is 5.41 Å². The van der Waals surface area contributed by atoms with Gasteiger partial charge in [-0.2, -0.15) is 0 Å². The van der Waals surface area contributed by atoms with E-state index in [0.29, 0.717) is 12.8 Å². The molecule has 0 saturated heterocycles. The summed E-state index contributed by atoms with van der Waals surface area (Å²) < 4.78 is 0. The van der Waals surface area contributed by atoms with Gasteiger partial charge in [0.15, 0.2) is 0 Å². The van der Waals surface area contributed by atoms with Crippen LogP contribution in [0.25, 0.3) is 0 Å². The van der Waals surface area contributed by atoms with Crippen molar-refractivity contribution in [2.45, 2.75) is 39.5 Å². The summed E-state index contributed by atoms with van der Waals surface area (Å²) in [5, 5.41) is 21.4. The van der Waals surface area contributed by atoms with Crippen LogP contribution in [0.5, 0.6) is 0 Å². The largest absolute Gasteiger partial charge is 1.00 e. The van der Waals surface area contributed by atoms with E-state index in [2.05, 4.69) is 0 Å². The van der Waals surface area contributed by atoms with Gasteiger partial charge in [-0.05, 0) is 12.8 Å². The molecule has 0 bridgehead atoms. The molecular weight excluding hydrogens is 202 g/mol. The molecule has 0 saturated carbocycles. The molecule has 0 spiro atoms. The monoisotopic (exact) mass is 216 g/mol. The van der Waals surface area contributed by atoms with Gasteiger partial charge in [-0.15, -0.1) is 0 Å². The van der Waals surface area contributed by atoms with Crippen LogP contribution >= 0.6 is 0 Å². The first kappa shape index (κ1) is 20.9. The third kappa shape index (κ3) is 5.42. The molecule has 0 aliphatic carbocycles. The van der Waals surface area contributed by atoms with Crippen LogP contribution in [-0.4, -0.2) is 11.9 Å². The number of carbonyl (C=O) groups excluding carboxylic acids is 2. The molecule has 0 radical (unpaired) electrons. The quantitative estimate of drug-likeness (QED) is 0.326. The molecule has 4 nitrogen and oxygen atoms in total. The Labute approximate surface area is 124 Å². The molecule has 0 amide bonds. The van der Waals surface area contributed by atoms with Crippen LogP contribution < -0.4 is 58.6 Å². The number of carboxylic acids is 2. The van der Waals surface area contributed by atoms with E-state index >= 15 is 0 Å². The Morgan fingerprint density at radius 1 is 1.00 bits per heavy atom. The number of carbonyl (C=O) groups is 2. The van der Waals surface area contributed by atoms with Crippen molar-refractivity contribution in [3.63, 3.8) is 0 Å². The van der Waals surface area contributed by atoms with Gasteiger partial charge in [-0.25, -0.2) is 0 Å². The minimum atomic E-state index is -1.79. The Bertz CT molecular complexity index is 186. The summed E-state index contributed by atoms with van der Waals surface area (Å²) in [5.74, 6) is -3.06. The Kier molecular flexibility index (Phi) is 13.6. The minimum Gasteiger partial charge on any atom is -0.549 e. The van der Waals surface area contributed by atoms with Gasteiger partial charge >= 0.3 is 48.4 Å². The van der Waals surface area contributed by atoms with Crippen LogP contribution in [0.1, 0.15) is 39.5 Å². The van der Waals surface area contributed by atoms with Gasteiger partial charge in [-0.1, -0.05) is 26.7 Å². The molecule has 6 heteroatoms. The molecule has 0 heterocycles. The average Bonchev–Trinajstić information content (AvgIpc) is 2.03. The predicted molar refractivity (Wildman–Crippen MR) is 42.3 cm³/mol. The molecule has 0 rings (SSSR count). The van der Waals surface area contributed by atoms with Gasteiger partial charge in [0, 0.05) is 5.41 Å². The minimum absolute atomic E-state index is 0. The topological polar surface area (TPSA) is 80.3 Å². The molecule has 0 aliphatic rings. The van der Waals surface area contributed by atoms with Crippen LogP contribution in [-0.2, 0) is 9.59 Å². The van der Waals surface area contributed by atoms with Gasteiger partial charge in [0.25, 0.3) is 0 Å². The van der Waals surface area contributed by atoms with Crippen LogP contribution in [0.4, 0.5) is 0 Å². The fraction of sp³-hybridized carbons (Fsp3) is 0.778. The molecule has 0 unspecified atom stereocenters. The van der Waals surface area contributed by atoms with E-state index in [9.17, 15) is 19.8 Å². The maximum atomic E-state index is 10.7. The molecule has 0 aromatic rings. The second kappa shape index (κ2) is 9.74. The summed E-state index contributed by atoms with van der Waals surface area (Å²) in [7, 11) is 0. The van der Waals surface area contributed by atoms with E-state index in [4.69, 9.17) is 0 Å². The zero-order chi connectivity index (χ0) is 10.5. The van der Waals surface area contributed by atoms with E-state index in [1.807, 2.05) is 0 Å². The zero-order valence-electron chi connectivity index (χ0n) is 9.96. The van der Waals surface area contributed by atoms with Crippen molar-refractivity contribution in [3.8, 4) is 0 Å². The van der Waals surface area contributed by atoms with Crippen LogP contribution in [0.2, 0.25) is 0 Å². The van der Waals surface area contributed by atoms with E-state index in [1.54, 1.807) is 13.8 Å². The van der Waals surface area contributed by atoms with Crippen molar-refractivity contribution in [1.29, 1.82) is 0 Å². The third-order valence-corrected chi connectivity index (χ3v) is 2.14. The number of aliphatic carboxylic acids is 2. The standard InChI is InChI=1S/C9H16O4.Li.Na/c1-3-5-9(6-4-2,7(10)11)8(12)13;;/h3-6H2,1-2H3,(H,10,11)(H,12,13);;/q;2*+1/p-2. The Morgan fingerprint density at radius 3 is 1.40 bits per heavy atom. The molecular formula is C9H14LiNaO4. The average molecular weight is 216 g/mol. The van der Waals surface area contributed by atoms with Gasteiger partial charge in [-0.3, -0.25) is 0 Å². The van der Waals surface area contributed by atoms with Crippen molar-refractivity contribution < 1.29 is 68.2 Å². The van der Waals surface area contributed by atoms with E-state index in [-0.39, 0.29) is 61.3 Å². The van der Waals surface area contributed by atoms with Gasteiger partial charge in [0.05, 0.1) is 11.9 Å². The molecule has 0 aromatic heterocycles. The van der Waals surface area contributed by atoms with Crippen LogP contribution in [0.3, 0.4) is 0 Å². The third-order valence-electron chi connectivity index (χ3n) is 2.14. The molecule has 0 aliphatic heterocycles. The van der Waals surface area contributed by atoms with E-state index in [0.717, 1.165) is 0 Å². The van der Waals surface area contributed by atoms with Crippen molar-refractivity contribution in [1.82, 2.24) is 0 Å². The summed E-state index contributed by atoms with van der Waals surface area (Å²) in [6.07, 6.45) is 1.13. The Balaban J connectivity index is -0.000000720. The van der Waals surface area contributed by atoms with Gasteiger partial charge < -0.3 is 19.8 Å². The summed E-state index contributed by atoms with van der Waals surface area (Å²) >= 11 is 0. The van der Waals surface area contributed by atoms with Crippen LogP contribution in [0.15, 0.2) is 0 Å². The fourth-order valence-corrected chi connectivity index (χ4v) is 1.47. The van der Waals surface area contributed by atoms with Gasteiger partial charge in [0.1, 0.15) is 0 Å². The number of carboxylic acid groups (broad SMARTS) is 2.